The van der Waals surface area contributed by atoms with Crippen LogP contribution in [0.4, 0.5) is 11.4 Å². The molecule has 11 heavy (non-hydrogen) atoms. The van der Waals surface area contributed by atoms with Crippen LogP contribution in [0.2, 0.25) is 0 Å². The lowest BCUT2D eigenvalue weighted by Crippen LogP contribution is -2.19. The summed E-state index contributed by atoms with van der Waals surface area (Å²) in [6.07, 6.45) is 1.62. The lowest BCUT2D eigenvalue weighted by atomic mass is 10.2. The van der Waals surface area contributed by atoms with Gasteiger partial charge in [-0.1, -0.05) is 12.1 Å². The molecule has 3 heteroatoms. The topological polar surface area (TPSA) is 38.7 Å². The fraction of sp³-hybridized carbons (Fsp3) is 0.125. The van der Waals surface area contributed by atoms with Crippen molar-refractivity contribution in [2.75, 3.05) is 11.6 Å². The SMILES string of the molecule is [O-]N1CC=Nc2ccccc21. The molecule has 1 aliphatic rings. The lowest BCUT2D eigenvalue weighted by molar-refractivity contribution is 1.12. The monoisotopic (exact) mass is 147 g/mol. The van der Waals surface area contributed by atoms with E-state index in [2.05, 4.69) is 4.99 Å². The van der Waals surface area contributed by atoms with Crippen LogP contribution in [0.25, 0.3) is 0 Å². The molecule has 2 rings (SSSR count). The molecule has 0 spiro atoms. The van der Waals surface area contributed by atoms with Crippen LogP contribution in [0.1, 0.15) is 0 Å². The normalized spacial score (nSPS) is 14.8. The van der Waals surface area contributed by atoms with Crippen molar-refractivity contribution < 1.29 is 0 Å². The van der Waals surface area contributed by atoms with Crippen LogP contribution < -0.4 is 5.06 Å². The molecule has 3 nitrogen and oxygen atoms in total. The zero-order chi connectivity index (χ0) is 7.68. The van der Waals surface area contributed by atoms with Crippen molar-refractivity contribution in [2.24, 2.45) is 4.99 Å². The maximum absolute atomic E-state index is 11.1. The summed E-state index contributed by atoms with van der Waals surface area (Å²) >= 11 is 0. The summed E-state index contributed by atoms with van der Waals surface area (Å²) in [5.41, 5.74) is 1.42. The van der Waals surface area contributed by atoms with Crippen molar-refractivity contribution in [3.05, 3.63) is 29.5 Å². The highest BCUT2D eigenvalue weighted by Crippen LogP contribution is 2.29. The summed E-state index contributed by atoms with van der Waals surface area (Å²) in [5.74, 6) is 0. The predicted octanol–water partition coefficient (Wildman–Crippen LogP) is 1.71. The van der Waals surface area contributed by atoms with Gasteiger partial charge in [-0.2, -0.15) is 0 Å². The van der Waals surface area contributed by atoms with Gasteiger partial charge in [0, 0.05) is 12.8 Å². The average Bonchev–Trinajstić information content (AvgIpc) is 2.06. The molecule has 0 atom stereocenters. The molecular formula is C8H7N2O-. The summed E-state index contributed by atoms with van der Waals surface area (Å²) in [5, 5.41) is 12.0. The zero-order valence-electron chi connectivity index (χ0n) is 5.90. The van der Waals surface area contributed by atoms with E-state index in [0.29, 0.717) is 12.2 Å². The van der Waals surface area contributed by atoms with Gasteiger partial charge in [0.2, 0.25) is 0 Å². The molecule has 0 unspecified atom stereocenters. The molecule has 0 amide bonds. The molecule has 1 aromatic rings. The van der Waals surface area contributed by atoms with Gasteiger partial charge in [-0.05, 0) is 12.1 Å². The summed E-state index contributed by atoms with van der Waals surface area (Å²) in [6.45, 7) is 0.358. The van der Waals surface area contributed by atoms with Gasteiger partial charge in [-0.25, -0.2) is 0 Å². The minimum atomic E-state index is 0.358. The Kier molecular flexibility index (Phi) is 1.36. The average molecular weight is 147 g/mol. The van der Waals surface area contributed by atoms with E-state index in [4.69, 9.17) is 0 Å². The first-order valence-corrected chi connectivity index (χ1v) is 3.44. The first-order chi connectivity index (χ1) is 5.38. The summed E-state index contributed by atoms with van der Waals surface area (Å²) < 4.78 is 0. The van der Waals surface area contributed by atoms with E-state index >= 15 is 0 Å². The van der Waals surface area contributed by atoms with Crippen LogP contribution in [0.15, 0.2) is 29.3 Å². The standard InChI is InChI=1S/C8H7N2O/c11-10-6-5-9-7-3-1-2-4-8(7)10/h1-5H,6H2/q-1. The van der Waals surface area contributed by atoms with Crippen molar-refractivity contribution in [3.8, 4) is 0 Å². The second-order valence-electron chi connectivity index (χ2n) is 2.36. The molecule has 0 aliphatic carbocycles. The third-order valence-corrected chi connectivity index (χ3v) is 1.63. The van der Waals surface area contributed by atoms with Crippen LogP contribution in [0, 0.1) is 5.21 Å². The minimum Gasteiger partial charge on any atom is -0.758 e. The van der Waals surface area contributed by atoms with Gasteiger partial charge in [0.1, 0.15) is 0 Å². The second-order valence-corrected chi connectivity index (χ2v) is 2.36. The van der Waals surface area contributed by atoms with E-state index in [-0.39, 0.29) is 0 Å². The Morgan fingerprint density at radius 3 is 3.00 bits per heavy atom. The number of para-hydroxylation sites is 2. The summed E-state index contributed by atoms with van der Waals surface area (Å²) in [7, 11) is 0. The Balaban J connectivity index is 2.54. The van der Waals surface area contributed by atoms with Gasteiger partial charge in [0.15, 0.2) is 0 Å². The highest BCUT2D eigenvalue weighted by molar-refractivity contribution is 5.81. The van der Waals surface area contributed by atoms with E-state index in [1.165, 1.54) is 0 Å². The third kappa shape index (κ3) is 0.991. The number of hydrogen-bond acceptors (Lipinski definition) is 3. The van der Waals surface area contributed by atoms with Crippen LogP contribution in [-0.4, -0.2) is 12.8 Å². The first-order valence-electron chi connectivity index (χ1n) is 3.44. The van der Waals surface area contributed by atoms with Gasteiger partial charge in [-0.3, -0.25) is 4.99 Å². The van der Waals surface area contributed by atoms with Crippen molar-refractivity contribution in [3.63, 3.8) is 0 Å². The Labute approximate surface area is 64.6 Å². The number of hydroxylamine groups is 1. The number of nitrogens with zero attached hydrogens (tertiary/aromatic N) is 2. The second kappa shape index (κ2) is 2.36. The van der Waals surface area contributed by atoms with Crippen molar-refractivity contribution >= 4 is 17.6 Å². The van der Waals surface area contributed by atoms with Crippen molar-refractivity contribution in [2.45, 2.75) is 0 Å². The number of aliphatic imine (C=N–C) groups is 1. The Bertz CT molecular complexity index is 296. The number of rotatable bonds is 0. The van der Waals surface area contributed by atoms with Gasteiger partial charge in [0.25, 0.3) is 0 Å². The molecule has 0 N–H and O–H groups in total. The molecule has 0 saturated heterocycles. The molecule has 0 saturated carbocycles. The molecule has 0 radical (unpaired) electrons. The molecule has 0 bridgehead atoms. The van der Waals surface area contributed by atoms with Crippen LogP contribution >= 0.6 is 0 Å². The molecule has 0 aromatic heterocycles. The van der Waals surface area contributed by atoms with Gasteiger partial charge >= 0.3 is 0 Å². The smallest absolute Gasteiger partial charge is 0.0852 e. The van der Waals surface area contributed by atoms with Gasteiger partial charge in [-0.15, -0.1) is 0 Å². The van der Waals surface area contributed by atoms with E-state index in [1.54, 1.807) is 12.3 Å². The number of fused-ring (bicyclic) bond motifs is 1. The fourth-order valence-electron chi connectivity index (χ4n) is 1.10. The largest absolute Gasteiger partial charge is 0.758 e. The third-order valence-electron chi connectivity index (χ3n) is 1.63. The molecule has 1 aromatic carbocycles. The molecule has 1 heterocycles. The zero-order valence-corrected chi connectivity index (χ0v) is 5.90. The van der Waals surface area contributed by atoms with Crippen LogP contribution in [0.5, 0.6) is 0 Å². The maximum Gasteiger partial charge on any atom is 0.0852 e. The van der Waals surface area contributed by atoms with E-state index in [0.717, 1.165) is 10.8 Å². The summed E-state index contributed by atoms with van der Waals surface area (Å²) in [4.78, 5) is 4.08. The van der Waals surface area contributed by atoms with E-state index < -0.39 is 0 Å². The van der Waals surface area contributed by atoms with Crippen LogP contribution in [0.3, 0.4) is 0 Å². The molecule has 56 valence electrons. The lowest BCUT2D eigenvalue weighted by Gasteiger charge is -2.32. The number of benzene rings is 1. The van der Waals surface area contributed by atoms with E-state index in [1.807, 2.05) is 18.2 Å². The number of hydrogen-bond donors (Lipinski definition) is 0. The molecule has 1 aliphatic heterocycles. The maximum atomic E-state index is 11.1. The van der Waals surface area contributed by atoms with Crippen molar-refractivity contribution in [1.82, 2.24) is 0 Å². The minimum absolute atomic E-state index is 0.358. The molecular weight excluding hydrogens is 140 g/mol. The van der Waals surface area contributed by atoms with Crippen LogP contribution in [-0.2, 0) is 0 Å². The molecule has 0 fully saturated rings. The Morgan fingerprint density at radius 2 is 2.18 bits per heavy atom. The number of anilines is 1. The quantitative estimate of drug-likeness (QED) is 0.560. The Morgan fingerprint density at radius 1 is 1.36 bits per heavy atom. The van der Waals surface area contributed by atoms with E-state index in [9.17, 15) is 5.21 Å². The van der Waals surface area contributed by atoms with Crippen molar-refractivity contribution in [1.29, 1.82) is 0 Å². The highest BCUT2D eigenvalue weighted by atomic mass is 16.5. The van der Waals surface area contributed by atoms with Gasteiger partial charge < -0.3 is 10.3 Å². The fourth-order valence-corrected chi connectivity index (χ4v) is 1.10. The highest BCUT2D eigenvalue weighted by Gasteiger charge is 2.03. The van der Waals surface area contributed by atoms with Gasteiger partial charge in [0.05, 0.1) is 11.4 Å². The Hall–Kier alpha value is -1.35. The predicted molar refractivity (Wildman–Crippen MR) is 45.3 cm³/mol. The first kappa shape index (κ1) is 6.37. The summed E-state index contributed by atoms with van der Waals surface area (Å²) in [6, 6.07) is 7.31.